The molecular weight excluding hydrogens is 251 g/mol. The predicted octanol–water partition coefficient (Wildman–Crippen LogP) is 4.15. The van der Waals surface area contributed by atoms with Crippen LogP contribution < -0.4 is 0 Å². The molecule has 0 aliphatic heterocycles. The molecule has 2 aromatic carbocycles. The fourth-order valence-electron chi connectivity index (χ4n) is 1.88. The maximum atomic E-state index is 13.3. The Morgan fingerprint density at radius 2 is 1.78 bits per heavy atom. The SMILES string of the molecule is OC(CCc1ccccc1)c1cccc(F)c1Cl. The standard InChI is InChI=1S/C15H14ClFO/c16-15-12(7-4-8-13(15)17)14(18)10-9-11-5-2-1-3-6-11/h1-8,14,18H,9-10H2. The third kappa shape index (κ3) is 3.09. The fraction of sp³-hybridized carbons (Fsp3) is 0.200. The maximum absolute atomic E-state index is 13.3. The van der Waals surface area contributed by atoms with Crippen molar-refractivity contribution < 1.29 is 9.50 Å². The summed E-state index contributed by atoms with van der Waals surface area (Å²) in [6.45, 7) is 0. The van der Waals surface area contributed by atoms with Gasteiger partial charge >= 0.3 is 0 Å². The second kappa shape index (κ2) is 5.98. The Morgan fingerprint density at radius 1 is 1.06 bits per heavy atom. The van der Waals surface area contributed by atoms with Gasteiger partial charge in [0.05, 0.1) is 11.1 Å². The number of aliphatic hydroxyl groups is 1. The number of halogens is 2. The molecule has 0 amide bonds. The Bertz CT molecular complexity index is 513. The quantitative estimate of drug-likeness (QED) is 0.880. The third-order valence-electron chi connectivity index (χ3n) is 2.89. The van der Waals surface area contributed by atoms with Crippen molar-refractivity contribution >= 4 is 11.6 Å². The summed E-state index contributed by atoms with van der Waals surface area (Å²) < 4.78 is 13.3. The highest BCUT2D eigenvalue weighted by atomic mass is 35.5. The van der Waals surface area contributed by atoms with E-state index < -0.39 is 11.9 Å². The molecule has 1 atom stereocenters. The van der Waals surface area contributed by atoms with E-state index in [1.54, 1.807) is 12.1 Å². The van der Waals surface area contributed by atoms with Gasteiger partial charge in [-0.2, -0.15) is 0 Å². The molecule has 0 fully saturated rings. The van der Waals surface area contributed by atoms with Gasteiger partial charge in [-0.1, -0.05) is 54.1 Å². The van der Waals surface area contributed by atoms with Crippen molar-refractivity contribution in [2.24, 2.45) is 0 Å². The lowest BCUT2D eigenvalue weighted by Gasteiger charge is -2.13. The zero-order valence-corrected chi connectivity index (χ0v) is 10.6. The summed E-state index contributed by atoms with van der Waals surface area (Å²) in [6, 6.07) is 14.4. The van der Waals surface area contributed by atoms with Crippen LogP contribution in [0.2, 0.25) is 5.02 Å². The molecule has 0 radical (unpaired) electrons. The number of benzene rings is 2. The summed E-state index contributed by atoms with van der Waals surface area (Å²) in [5, 5.41) is 10.0. The molecule has 0 aromatic heterocycles. The van der Waals surface area contributed by atoms with Crippen LogP contribution in [0.3, 0.4) is 0 Å². The largest absolute Gasteiger partial charge is 0.388 e. The van der Waals surface area contributed by atoms with Gasteiger partial charge in [-0.15, -0.1) is 0 Å². The molecule has 3 heteroatoms. The first-order chi connectivity index (χ1) is 8.68. The minimum absolute atomic E-state index is 0.0121. The Balaban J connectivity index is 2.04. The van der Waals surface area contributed by atoms with Crippen LogP contribution in [0.5, 0.6) is 0 Å². The van der Waals surface area contributed by atoms with E-state index in [9.17, 15) is 9.50 Å². The first kappa shape index (κ1) is 13.1. The Hall–Kier alpha value is -1.38. The van der Waals surface area contributed by atoms with Gasteiger partial charge < -0.3 is 5.11 Å². The zero-order chi connectivity index (χ0) is 13.0. The average Bonchev–Trinajstić information content (AvgIpc) is 2.40. The Kier molecular flexibility index (Phi) is 4.34. The van der Waals surface area contributed by atoms with Gasteiger partial charge in [0.1, 0.15) is 5.82 Å². The van der Waals surface area contributed by atoms with Crippen molar-refractivity contribution in [1.82, 2.24) is 0 Å². The van der Waals surface area contributed by atoms with E-state index in [4.69, 9.17) is 11.6 Å². The van der Waals surface area contributed by atoms with E-state index in [-0.39, 0.29) is 5.02 Å². The molecule has 1 unspecified atom stereocenters. The second-order valence-electron chi connectivity index (χ2n) is 4.18. The summed E-state index contributed by atoms with van der Waals surface area (Å²) in [5.41, 5.74) is 1.59. The molecule has 1 nitrogen and oxygen atoms in total. The van der Waals surface area contributed by atoms with E-state index in [1.165, 1.54) is 6.07 Å². The van der Waals surface area contributed by atoms with Crippen molar-refractivity contribution in [3.8, 4) is 0 Å². The molecule has 0 aliphatic rings. The first-order valence-electron chi connectivity index (χ1n) is 5.84. The van der Waals surface area contributed by atoms with Crippen LogP contribution in [0.15, 0.2) is 48.5 Å². The number of hydrogen-bond donors (Lipinski definition) is 1. The molecule has 2 rings (SSSR count). The summed E-state index contributed by atoms with van der Waals surface area (Å²) in [4.78, 5) is 0. The van der Waals surface area contributed by atoms with E-state index in [1.807, 2.05) is 30.3 Å². The van der Waals surface area contributed by atoms with Crippen molar-refractivity contribution in [2.75, 3.05) is 0 Å². The van der Waals surface area contributed by atoms with Gasteiger partial charge in [0.2, 0.25) is 0 Å². The monoisotopic (exact) mass is 264 g/mol. The molecule has 94 valence electrons. The Labute approximate surface area is 111 Å². The van der Waals surface area contributed by atoms with Crippen LogP contribution in [0.1, 0.15) is 23.7 Å². The summed E-state index contributed by atoms with van der Waals surface area (Å²) in [6.07, 6.45) is 0.510. The molecule has 0 aliphatic carbocycles. The molecule has 0 saturated carbocycles. The summed E-state index contributed by atoms with van der Waals surface area (Å²) in [5.74, 6) is -0.493. The van der Waals surface area contributed by atoms with Crippen LogP contribution in [0, 0.1) is 5.82 Å². The van der Waals surface area contributed by atoms with Gasteiger partial charge in [-0.05, 0) is 24.5 Å². The van der Waals surface area contributed by atoms with Gasteiger partial charge in [0, 0.05) is 5.56 Å². The normalized spacial score (nSPS) is 12.4. The molecule has 18 heavy (non-hydrogen) atoms. The van der Waals surface area contributed by atoms with E-state index in [2.05, 4.69) is 0 Å². The van der Waals surface area contributed by atoms with Gasteiger partial charge in [0.15, 0.2) is 0 Å². The van der Waals surface area contributed by atoms with Gasteiger partial charge in [-0.25, -0.2) is 4.39 Å². The fourth-order valence-corrected chi connectivity index (χ4v) is 2.13. The molecule has 0 bridgehead atoms. The van der Waals surface area contributed by atoms with Crippen molar-refractivity contribution in [3.05, 3.63) is 70.5 Å². The molecule has 2 aromatic rings. The average molecular weight is 265 g/mol. The van der Waals surface area contributed by atoms with E-state index >= 15 is 0 Å². The highest BCUT2D eigenvalue weighted by Gasteiger charge is 2.14. The third-order valence-corrected chi connectivity index (χ3v) is 3.29. The lowest BCUT2D eigenvalue weighted by molar-refractivity contribution is 0.167. The van der Waals surface area contributed by atoms with Gasteiger partial charge in [-0.3, -0.25) is 0 Å². The highest BCUT2D eigenvalue weighted by Crippen LogP contribution is 2.28. The molecule has 0 heterocycles. The summed E-state index contributed by atoms with van der Waals surface area (Å²) >= 11 is 5.83. The Morgan fingerprint density at radius 3 is 2.50 bits per heavy atom. The minimum atomic E-state index is -0.742. The minimum Gasteiger partial charge on any atom is -0.388 e. The second-order valence-corrected chi connectivity index (χ2v) is 4.56. The number of hydrogen-bond acceptors (Lipinski definition) is 1. The van der Waals surface area contributed by atoms with E-state index in [0.29, 0.717) is 12.0 Å². The van der Waals surface area contributed by atoms with Gasteiger partial charge in [0.25, 0.3) is 0 Å². The molecule has 0 spiro atoms. The van der Waals surface area contributed by atoms with Crippen molar-refractivity contribution in [3.63, 3.8) is 0 Å². The number of aryl methyl sites for hydroxylation is 1. The highest BCUT2D eigenvalue weighted by molar-refractivity contribution is 6.31. The lowest BCUT2D eigenvalue weighted by atomic mass is 10.0. The molecule has 0 saturated heterocycles. The lowest BCUT2D eigenvalue weighted by Crippen LogP contribution is -2.01. The molecule has 1 N–H and O–H groups in total. The van der Waals surface area contributed by atoms with Crippen LogP contribution in [-0.4, -0.2) is 5.11 Å². The molecular formula is C15H14ClFO. The van der Waals surface area contributed by atoms with Crippen LogP contribution in [0.4, 0.5) is 4.39 Å². The van der Waals surface area contributed by atoms with Crippen LogP contribution in [0.25, 0.3) is 0 Å². The van der Waals surface area contributed by atoms with Crippen LogP contribution >= 0.6 is 11.6 Å². The zero-order valence-electron chi connectivity index (χ0n) is 9.81. The maximum Gasteiger partial charge on any atom is 0.142 e. The topological polar surface area (TPSA) is 20.2 Å². The van der Waals surface area contributed by atoms with E-state index in [0.717, 1.165) is 12.0 Å². The number of aliphatic hydroxyl groups excluding tert-OH is 1. The number of rotatable bonds is 4. The predicted molar refractivity (Wildman–Crippen MR) is 71.1 cm³/mol. The van der Waals surface area contributed by atoms with Crippen LogP contribution in [-0.2, 0) is 6.42 Å². The first-order valence-corrected chi connectivity index (χ1v) is 6.22. The van der Waals surface area contributed by atoms with Crippen molar-refractivity contribution in [1.29, 1.82) is 0 Å². The van der Waals surface area contributed by atoms with Crippen molar-refractivity contribution in [2.45, 2.75) is 18.9 Å². The smallest absolute Gasteiger partial charge is 0.142 e. The summed E-state index contributed by atoms with van der Waals surface area (Å²) in [7, 11) is 0.